The number of piperidine rings is 1. The van der Waals surface area contributed by atoms with Crippen molar-refractivity contribution < 1.29 is 19.8 Å². The molecule has 5 rings (SSSR count). The Labute approximate surface area is 240 Å². The summed E-state index contributed by atoms with van der Waals surface area (Å²) in [5, 5.41) is 28.3. The minimum atomic E-state index is -1.14. The van der Waals surface area contributed by atoms with Crippen LogP contribution in [0.15, 0.2) is 57.8 Å². The van der Waals surface area contributed by atoms with Crippen molar-refractivity contribution in [3.05, 3.63) is 84.8 Å². The van der Waals surface area contributed by atoms with Crippen LogP contribution < -0.4 is 0 Å². The van der Waals surface area contributed by atoms with Crippen LogP contribution in [0.3, 0.4) is 0 Å². The van der Waals surface area contributed by atoms with Gasteiger partial charge in [0.2, 0.25) is 0 Å². The molecule has 0 unspecified atom stereocenters. The van der Waals surface area contributed by atoms with Crippen LogP contribution in [-0.2, 0) is 16.8 Å². The number of aliphatic carboxylic acids is 1. The van der Waals surface area contributed by atoms with Gasteiger partial charge in [-0.05, 0) is 53.0 Å². The molecule has 12 heteroatoms. The van der Waals surface area contributed by atoms with Crippen molar-refractivity contribution in [3.63, 3.8) is 0 Å². The van der Waals surface area contributed by atoms with Crippen molar-refractivity contribution in [1.82, 2.24) is 19.7 Å². The Morgan fingerprint density at radius 3 is 2.37 bits per heavy atom. The number of benzene rings is 2. The fourth-order valence-electron chi connectivity index (χ4n) is 4.59. The molecular weight excluding hydrogens is 615 g/mol. The molecule has 0 radical (unpaired) electrons. The van der Waals surface area contributed by atoms with Crippen LogP contribution in [-0.4, -0.2) is 54.8 Å². The molecule has 2 N–H and O–H groups in total. The third kappa shape index (κ3) is 5.23. The van der Waals surface area contributed by atoms with Gasteiger partial charge in [-0.3, -0.25) is 9.59 Å². The van der Waals surface area contributed by atoms with Gasteiger partial charge >= 0.3 is 5.97 Å². The topological polar surface area (TPSA) is 109 Å². The summed E-state index contributed by atoms with van der Waals surface area (Å²) in [5.41, 5.74) is 1.32. The van der Waals surface area contributed by atoms with Crippen molar-refractivity contribution in [2.24, 2.45) is 0 Å². The Kier molecular flexibility index (Phi) is 7.61. The number of carboxylic acids is 1. The lowest BCUT2D eigenvalue weighted by atomic mass is 9.88. The molecule has 0 spiro atoms. The van der Waals surface area contributed by atoms with Gasteiger partial charge in [0.05, 0.1) is 28.5 Å². The molecule has 196 valence electrons. The zero-order valence-electron chi connectivity index (χ0n) is 19.8. The molecule has 0 aliphatic carbocycles. The van der Waals surface area contributed by atoms with Gasteiger partial charge in [-0.25, -0.2) is 9.67 Å². The highest BCUT2D eigenvalue weighted by Gasteiger charge is 2.39. The average Bonchev–Trinajstić information content (AvgIpc) is 3.49. The predicted octanol–water partition coefficient (Wildman–Crippen LogP) is 5.82. The van der Waals surface area contributed by atoms with E-state index in [2.05, 4.69) is 26.0 Å². The van der Waals surface area contributed by atoms with E-state index >= 15 is 0 Å². The van der Waals surface area contributed by atoms with Gasteiger partial charge in [0, 0.05) is 34.6 Å². The lowest BCUT2D eigenvalue weighted by Crippen LogP contribution is -2.45. The fraction of sp³-hybridized carbons (Fsp3) is 0.231. The number of likely N-dealkylation sites (tertiary alicyclic amines) is 1. The van der Waals surface area contributed by atoms with Crippen molar-refractivity contribution in [2.75, 3.05) is 13.1 Å². The number of hydrogen-bond acceptors (Lipinski definition) is 6. The first-order chi connectivity index (χ1) is 18.2. The minimum Gasteiger partial charge on any atom is -0.481 e. The number of para-hydroxylation sites is 1. The summed E-state index contributed by atoms with van der Waals surface area (Å²) < 4.78 is 2.20. The van der Waals surface area contributed by atoms with E-state index in [9.17, 15) is 19.8 Å². The van der Waals surface area contributed by atoms with Crippen molar-refractivity contribution in [2.45, 2.75) is 24.9 Å². The molecule has 0 saturated carbocycles. The predicted molar refractivity (Wildman–Crippen MR) is 149 cm³/mol. The van der Waals surface area contributed by atoms with E-state index in [1.807, 2.05) is 0 Å². The largest absolute Gasteiger partial charge is 0.481 e. The highest BCUT2D eigenvalue weighted by molar-refractivity contribution is 9.11. The van der Waals surface area contributed by atoms with Crippen LogP contribution in [0.25, 0.3) is 16.9 Å². The van der Waals surface area contributed by atoms with E-state index in [0.717, 1.165) is 0 Å². The lowest BCUT2D eigenvalue weighted by molar-refractivity contribution is -0.136. The second-order valence-corrected chi connectivity index (χ2v) is 11.9. The second kappa shape index (κ2) is 10.8. The Bertz CT molecular complexity index is 1510. The normalized spacial score (nSPS) is 15.0. The highest BCUT2D eigenvalue weighted by atomic mass is 79.9. The number of hydrogen-bond donors (Lipinski definition) is 2. The number of carbonyl (C=O) groups excluding carboxylic acids is 1. The van der Waals surface area contributed by atoms with Crippen LogP contribution in [0.5, 0.6) is 0 Å². The first-order valence-electron chi connectivity index (χ1n) is 11.6. The summed E-state index contributed by atoms with van der Waals surface area (Å²) in [4.78, 5) is 31.7. The van der Waals surface area contributed by atoms with E-state index < -0.39 is 23.9 Å². The van der Waals surface area contributed by atoms with Crippen molar-refractivity contribution >= 4 is 62.3 Å². The van der Waals surface area contributed by atoms with E-state index in [1.165, 1.54) is 16.0 Å². The van der Waals surface area contributed by atoms with Crippen LogP contribution in [0.4, 0.5) is 0 Å². The van der Waals surface area contributed by atoms with Crippen molar-refractivity contribution in [3.8, 4) is 16.9 Å². The third-order valence-corrected chi connectivity index (χ3v) is 8.48. The van der Waals surface area contributed by atoms with Gasteiger partial charge in [-0.1, -0.05) is 47.5 Å². The molecule has 38 heavy (non-hydrogen) atoms. The molecule has 2 aromatic heterocycles. The summed E-state index contributed by atoms with van der Waals surface area (Å²) in [6.45, 7) is 0.512. The number of aromatic nitrogens is 3. The monoisotopic (exact) mass is 634 g/mol. The summed E-state index contributed by atoms with van der Waals surface area (Å²) in [5.74, 6) is -1.51. The summed E-state index contributed by atoms with van der Waals surface area (Å²) >= 11 is 17.3. The Balaban J connectivity index is 1.57. The summed E-state index contributed by atoms with van der Waals surface area (Å²) in [6.07, 6.45) is 0.158. The number of thiazole rings is 1. The van der Waals surface area contributed by atoms with Gasteiger partial charge in [-0.15, -0.1) is 11.3 Å². The maximum Gasteiger partial charge on any atom is 0.307 e. The molecule has 1 saturated heterocycles. The number of rotatable bonds is 6. The van der Waals surface area contributed by atoms with Gasteiger partial charge in [0.25, 0.3) is 5.91 Å². The maximum atomic E-state index is 13.8. The number of nitrogens with zero attached hydrogens (tertiary/aromatic N) is 4. The van der Waals surface area contributed by atoms with Gasteiger partial charge in [0.1, 0.15) is 5.60 Å². The molecule has 4 aromatic rings. The Hall–Kier alpha value is -2.76. The van der Waals surface area contributed by atoms with E-state index in [4.69, 9.17) is 23.2 Å². The standard InChI is InChI=1S/C26H21BrCl2N4O4S/c27-25-30-20(14-38-25)26(37)9-11-32(12-10-26)24(36)22-17(13-21(34)35)23(15-5-7-16(28)8-6-15)33(31-22)19-4-2-1-3-18(19)29/h1-8,14,37H,9-13H2,(H,34,35). The molecule has 1 aliphatic heterocycles. The van der Waals surface area contributed by atoms with Gasteiger partial charge < -0.3 is 15.1 Å². The molecule has 3 heterocycles. The fourth-order valence-corrected chi connectivity index (χ4v) is 6.04. The zero-order chi connectivity index (χ0) is 27.0. The van der Waals surface area contributed by atoms with Crippen LogP contribution in [0, 0.1) is 0 Å². The van der Waals surface area contributed by atoms with E-state index in [-0.39, 0.29) is 24.3 Å². The highest BCUT2D eigenvalue weighted by Crippen LogP contribution is 2.37. The summed E-state index contributed by atoms with van der Waals surface area (Å²) in [7, 11) is 0. The Morgan fingerprint density at radius 1 is 1.08 bits per heavy atom. The number of aliphatic hydroxyl groups is 1. The first kappa shape index (κ1) is 26.8. The molecule has 1 aliphatic rings. The van der Waals surface area contributed by atoms with Crippen molar-refractivity contribution in [1.29, 1.82) is 0 Å². The summed E-state index contributed by atoms with van der Waals surface area (Å²) in [6, 6.07) is 13.9. The third-order valence-electron chi connectivity index (χ3n) is 6.54. The average molecular weight is 636 g/mol. The second-order valence-electron chi connectivity index (χ2n) is 8.93. The number of amides is 1. The first-order valence-corrected chi connectivity index (χ1v) is 14.1. The molecule has 8 nitrogen and oxygen atoms in total. The minimum absolute atomic E-state index is 0.0270. The molecular formula is C26H21BrCl2N4O4S. The molecule has 1 amide bonds. The molecule has 2 aromatic carbocycles. The van der Waals surface area contributed by atoms with Gasteiger partial charge in [-0.2, -0.15) is 5.10 Å². The smallest absolute Gasteiger partial charge is 0.307 e. The van der Waals surface area contributed by atoms with Crippen LogP contribution >= 0.6 is 50.5 Å². The lowest BCUT2D eigenvalue weighted by Gasteiger charge is -2.37. The molecule has 0 bridgehead atoms. The van der Waals surface area contributed by atoms with E-state index in [1.54, 1.807) is 58.8 Å². The van der Waals surface area contributed by atoms with Crippen LogP contribution in [0.1, 0.15) is 34.6 Å². The quantitative estimate of drug-likeness (QED) is 0.277. The number of halogens is 3. The molecule has 0 atom stereocenters. The molecule has 1 fully saturated rings. The number of carbonyl (C=O) groups is 2. The maximum absolute atomic E-state index is 13.8. The number of carboxylic acid groups (broad SMARTS) is 1. The SMILES string of the molecule is O=C(O)Cc1c(C(=O)N2CCC(O)(c3csc(Br)n3)CC2)nn(-c2ccccc2Cl)c1-c1ccc(Cl)cc1. The van der Waals surface area contributed by atoms with E-state index in [0.29, 0.717) is 49.4 Å². The van der Waals surface area contributed by atoms with Gasteiger partial charge in [0.15, 0.2) is 9.61 Å². The Morgan fingerprint density at radius 2 is 1.76 bits per heavy atom. The van der Waals surface area contributed by atoms with Crippen LogP contribution in [0.2, 0.25) is 10.0 Å². The zero-order valence-corrected chi connectivity index (χ0v) is 23.7.